The molecule has 0 spiro atoms. The largest absolute Gasteiger partial charge is 0.362 e. The van der Waals surface area contributed by atoms with Gasteiger partial charge in [-0.25, -0.2) is 4.79 Å². The number of rotatable bonds is 5. The Morgan fingerprint density at radius 2 is 2.00 bits per heavy atom. The average Bonchev–Trinajstić information content (AvgIpc) is 2.54. The molecule has 1 aromatic carbocycles. The van der Waals surface area contributed by atoms with Gasteiger partial charge in [-0.15, -0.1) is 0 Å². The zero-order valence-electron chi connectivity index (χ0n) is 15.0. The zero-order chi connectivity index (χ0) is 18.4. The van der Waals surface area contributed by atoms with Crippen LogP contribution >= 0.6 is 0 Å². The maximum absolute atomic E-state index is 12.4. The van der Waals surface area contributed by atoms with Crippen LogP contribution in [-0.4, -0.2) is 43.5 Å². The maximum Gasteiger partial charge on any atom is 0.321 e. The Balaban J connectivity index is 2.15. The van der Waals surface area contributed by atoms with Gasteiger partial charge in [0.15, 0.2) is 0 Å². The fourth-order valence-electron chi connectivity index (χ4n) is 2.96. The van der Waals surface area contributed by atoms with Gasteiger partial charge in [-0.3, -0.25) is 14.9 Å². The predicted molar refractivity (Wildman–Crippen MR) is 96.8 cm³/mol. The molecule has 4 amide bonds. The number of nitrogens with zero attached hydrogens (tertiary/aromatic N) is 1. The van der Waals surface area contributed by atoms with Gasteiger partial charge >= 0.3 is 6.03 Å². The van der Waals surface area contributed by atoms with E-state index in [1.807, 2.05) is 36.9 Å². The minimum Gasteiger partial charge on any atom is -0.362 e. The van der Waals surface area contributed by atoms with Crippen molar-refractivity contribution in [3.8, 4) is 0 Å². The Hall–Kier alpha value is -2.57. The lowest BCUT2D eigenvalue weighted by molar-refractivity contribution is -0.118. The minimum absolute atomic E-state index is 0.0610. The van der Waals surface area contributed by atoms with Crippen molar-refractivity contribution < 1.29 is 14.4 Å². The third-order valence-corrected chi connectivity index (χ3v) is 3.94. The number of urea groups is 1. The normalized spacial score (nSPS) is 13.2. The van der Waals surface area contributed by atoms with Gasteiger partial charge in [0.25, 0.3) is 5.91 Å². The Kier molecular flexibility index (Phi) is 6.38. The second-order valence-electron chi connectivity index (χ2n) is 6.36. The van der Waals surface area contributed by atoms with Gasteiger partial charge in [0.1, 0.15) is 0 Å². The molecule has 0 aliphatic carbocycles. The molecule has 1 aliphatic heterocycles. The van der Waals surface area contributed by atoms with E-state index in [9.17, 15) is 14.4 Å². The van der Waals surface area contributed by atoms with Crippen LogP contribution in [0.3, 0.4) is 0 Å². The van der Waals surface area contributed by atoms with Crippen molar-refractivity contribution in [2.24, 2.45) is 0 Å². The van der Waals surface area contributed by atoms with E-state index in [-0.39, 0.29) is 24.4 Å². The number of amides is 4. The number of benzene rings is 1. The number of carbonyl (C=O) groups excluding carboxylic acids is 3. The third-order valence-electron chi connectivity index (χ3n) is 3.94. The van der Waals surface area contributed by atoms with Crippen molar-refractivity contribution in [3.63, 3.8) is 0 Å². The minimum atomic E-state index is -0.491. The number of carbonyl (C=O) groups is 3. The smallest absolute Gasteiger partial charge is 0.321 e. The Labute approximate surface area is 148 Å². The zero-order valence-corrected chi connectivity index (χ0v) is 15.0. The lowest BCUT2D eigenvalue weighted by Gasteiger charge is -2.31. The average molecular weight is 346 g/mol. The van der Waals surface area contributed by atoms with E-state index in [4.69, 9.17) is 0 Å². The van der Waals surface area contributed by atoms with E-state index < -0.39 is 6.03 Å². The summed E-state index contributed by atoms with van der Waals surface area (Å²) in [6.07, 6.45) is 1.65. The van der Waals surface area contributed by atoms with Crippen molar-refractivity contribution in [1.29, 1.82) is 0 Å². The SMILES string of the molecule is CCNC(=O)NC(=O)CN1CCCc2c(C(=O)NC(C)C)cccc21. The van der Waals surface area contributed by atoms with Crippen LogP contribution in [0, 0.1) is 0 Å². The van der Waals surface area contributed by atoms with E-state index in [0.29, 0.717) is 18.7 Å². The monoisotopic (exact) mass is 346 g/mol. The van der Waals surface area contributed by atoms with Crippen molar-refractivity contribution in [3.05, 3.63) is 29.3 Å². The summed E-state index contributed by atoms with van der Waals surface area (Å²) in [6, 6.07) is 5.13. The van der Waals surface area contributed by atoms with Crippen molar-refractivity contribution in [2.75, 3.05) is 24.5 Å². The number of hydrogen-bond donors (Lipinski definition) is 3. The molecule has 0 saturated carbocycles. The molecule has 2 rings (SSSR count). The van der Waals surface area contributed by atoms with Gasteiger partial charge in [-0.05, 0) is 51.3 Å². The first kappa shape index (κ1) is 18.8. The molecule has 0 saturated heterocycles. The summed E-state index contributed by atoms with van der Waals surface area (Å²) in [5.74, 6) is -0.462. The number of imide groups is 1. The first-order valence-electron chi connectivity index (χ1n) is 8.67. The molecule has 1 aliphatic rings. The topological polar surface area (TPSA) is 90.5 Å². The standard InChI is InChI=1S/C18H26N4O3/c1-4-19-18(25)21-16(23)11-22-10-6-8-13-14(7-5-9-15(13)22)17(24)20-12(2)3/h5,7,9,12H,4,6,8,10-11H2,1-3H3,(H,20,24)(H2,19,21,23,25). The molecule has 25 heavy (non-hydrogen) atoms. The van der Waals surface area contributed by atoms with Crippen LogP contribution in [0.4, 0.5) is 10.5 Å². The number of anilines is 1. The Bertz CT molecular complexity index is 658. The van der Waals surface area contributed by atoms with Crippen LogP contribution < -0.4 is 20.9 Å². The second-order valence-corrected chi connectivity index (χ2v) is 6.36. The van der Waals surface area contributed by atoms with E-state index in [1.165, 1.54) is 0 Å². The molecule has 1 heterocycles. The molecule has 0 atom stereocenters. The van der Waals surface area contributed by atoms with Gasteiger partial charge in [0.05, 0.1) is 6.54 Å². The molecule has 7 nitrogen and oxygen atoms in total. The van der Waals surface area contributed by atoms with Gasteiger partial charge < -0.3 is 15.5 Å². The summed E-state index contributed by atoms with van der Waals surface area (Å²) in [7, 11) is 0. The Morgan fingerprint density at radius 3 is 2.68 bits per heavy atom. The molecular formula is C18H26N4O3. The first-order valence-corrected chi connectivity index (χ1v) is 8.67. The van der Waals surface area contributed by atoms with Gasteiger partial charge in [-0.1, -0.05) is 6.07 Å². The lowest BCUT2D eigenvalue weighted by atomic mass is 9.95. The molecule has 3 N–H and O–H groups in total. The molecule has 0 bridgehead atoms. The second kappa shape index (κ2) is 8.50. The van der Waals surface area contributed by atoms with Crippen LogP contribution in [0.15, 0.2) is 18.2 Å². The van der Waals surface area contributed by atoms with Gasteiger partial charge in [0, 0.05) is 30.4 Å². The van der Waals surface area contributed by atoms with Crippen molar-refractivity contribution >= 4 is 23.5 Å². The molecule has 0 fully saturated rings. The van der Waals surface area contributed by atoms with Crippen molar-refractivity contribution in [2.45, 2.75) is 39.7 Å². The summed E-state index contributed by atoms with van der Waals surface area (Å²) in [5, 5.41) is 7.76. The van der Waals surface area contributed by atoms with Crippen molar-refractivity contribution in [1.82, 2.24) is 16.0 Å². The lowest BCUT2D eigenvalue weighted by Crippen LogP contribution is -2.45. The summed E-state index contributed by atoms with van der Waals surface area (Å²) < 4.78 is 0. The maximum atomic E-state index is 12.4. The van der Waals surface area contributed by atoms with E-state index in [0.717, 1.165) is 24.1 Å². The molecule has 0 unspecified atom stereocenters. The summed E-state index contributed by atoms with van der Waals surface area (Å²) in [5.41, 5.74) is 2.49. The van der Waals surface area contributed by atoms with Crippen LogP contribution in [0.5, 0.6) is 0 Å². The summed E-state index contributed by atoms with van der Waals surface area (Å²) in [6.45, 7) is 6.88. The van der Waals surface area contributed by atoms with Gasteiger partial charge in [0.2, 0.25) is 5.91 Å². The van der Waals surface area contributed by atoms with E-state index in [2.05, 4.69) is 16.0 Å². The van der Waals surface area contributed by atoms with E-state index in [1.54, 1.807) is 6.92 Å². The number of fused-ring (bicyclic) bond motifs is 1. The molecular weight excluding hydrogens is 320 g/mol. The summed E-state index contributed by atoms with van der Waals surface area (Å²) in [4.78, 5) is 37.9. The third kappa shape index (κ3) is 4.95. The fraction of sp³-hybridized carbons (Fsp3) is 0.500. The highest BCUT2D eigenvalue weighted by Crippen LogP contribution is 2.29. The molecule has 1 aromatic rings. The van der Waals surface area contributed by atoms with Crippen LogP contribution in [0.1, 0.15) is 43.1 Å². The molecule has 0 aromatic heterocycles. The highest BCUT2D eigenvalue weighted by atomic mass is 16.2. The highest BCUT2D eigenvalue weighted by molar-refractivity contribution is 5.99. The quantitative estimate of drug-likeness (QED) is 0.752. The highest BCUT2D eigenvalue weighted by Gasteiger charge is 2.24. The van der Waals surface area contributed by atoms with Crippen LogP contribution in [0.2, 0.25) is 0 Å². The fourth-order valence-corrected chi connectivity index (χ4v) is 2.96. The number of hydrogen-bond acceptors (Lipinski definition) is 4. The van der Waals surface area contributed by atoms with E-state index >= 15 is 0 Å². The molecule has 136 valence electrons. The van der Waals surface area contributed by atoms with Crippen LogP contribution in [-0.2, 0) is 11.2 Å². The van der Waals surface area contributed by atoms with Crippen LogP contribution in [0.25, 0.3) is 0 Å². The Morgan fingerprint density at radius 1 is 1.24 bits per heavy atom. The predicted octanol–water partition coefficient (Wildman–Crippen LogP) is 1.42. The molecule has 0 radical (unpaired) electrons. The molecule has 7 heteroatoms. The van der Waals surface area contributed by atoms with Gasteiger partial charge in [-0.2, -0.15) is 0 Å². The summed E-state index contributed by atoms with van der Waals surface area (Å²) >= 11 is 0. The number of nitrogens with one attached hydrogen (secondary N) is 3. The first-order chi connectivity index (χ1) is 11.9.